The molecule has 0 unspecified atom stereocenters. The number of hydrogen-bond acceptors (Lipinski definition) is 2. The zero-order valence-electron chi connectivity index (χ0n) is 14.4. The summed E-state index contributed by atoms with van der Waals surface area (Å²) in [5.41, 5.74) is 0. The lowest BCUT2D eigenvalue weighted by molar-refractivity contribution is 0.208. The Morgan fingerprint density at radius 2 is 1.55 bits per heavy atom. The van der Waals surface area contributed by atoms with Crippen LogP contribution in [0.4, 0.5) is 0 Å². The average molecular weight is 301 g/mol. The van der Waals surface area contributed by atoms with Crippen LogP contribution in [0.25, 0.3) is 0 Å². The Morgan fingerprint density at radius 3 is 2.05 bits per heavy atom. The second kappa shape index (κ2) is 9.75. The van der Waals surface area contributed by atoms with Crippen molar-refractivity contribution in [2.45, 2.75) is 90.0 Å². The summed E-state index contributed by atoms with van der Waals surface area (Å²) in [6, 6.07) is 0. The summed E-state index contributed by atoms with van der Waals surface area (Å²) in [6.07, 6.45) is 9.49. The third-order valence-electron chi connectivity index (χ3n) is 4.44. The van der Waals surface area contributed by atoms with E-state index in [1.165, 1.54) is 32.1 Å². The molecule has 0 aromatic rings. The number of hydrogen-bond donors (Lipinski definition) is 1. The molecule has 1 atom stereocenters. The van der Waals surface area contributed by atoms with Crippen LogP contribution in [0.2, 0.25) is 18.1 Å². The van der Waals surface area contributed by atoms with Crippen LogP contribution in [-0.4, -0.2) is 26.1 Å². The van der Waals surface area contributed by atoms with Crippen molar-refractivity contribution in [1.29, 1.82) is 0 Å². The Bertz CT molecular complexity index is 256. The van der Waals surface area contributed by atoms with E-state index in [2.05, 4.69) is 40.4 Å². The Kier molecular flexibility index (Phi) is 9.69. The van der Waals surface area contributed by atoms with E-state index in [4.69, 9.17) is 4.43 Å². The predicted octanol–water partition coefficient (Wildman–Crippen LogP) is 5.29. The summed E-state index contributed by atoms with van der Waals surface area (Å²) < 4.78 is 6.16. The summed E-state index contributed by atoms with van der Waals surface area (Å²) in [4.78, 5) is 0. The summed E-state index contributed by atoms with van der Waals surface area (Å²) in [5, 5.41) is 9.66. The van der Waals surface area contributed by atoms with Gasteiger partial charge in [-0.2, -0.15) is 0 Å². The van der Waals surface area contributed by atoms with Crippen LogP contribution in [0.1, 0.15) is 65.7 Å². The topological polar surface area (TPSA) is 29.5 Å². The lowest BCUT2D eigenvalue weighted by atomic mass is 10.1. The van der Waals surface area contributed by atoms with Gasteiger partial charge in [0.25, 0.3) is 0 Å². The fourth-order valence-electron chi connectivity index (χ4n) is 1.82. The van der Waals surface area contributed by atoms with Crippen molar-refractivity contribution in [3.63, 3.8) is 0 Å². The molecule has 0 rings (SSSR count). The van der Waals surface area contributed by atoms with Crippen molar-refractivity contribution in [1.82, 2.24) is 0 Å². The summed E-state index contributed by atoms with van der Waals surface area (Å²) in [7, 11) is -1.54. The highest BCUT2D eigenvalue weighted by atomic mass is 28.4. The average Bonchev–Trinajstić information content (AvgIpc) is 2.34. The van der Waals surface area contributed by atoms with Gasteiger partial charge in [-0.3, -0.25) is 0 Å². The van der Waals surface area contributed by atoms with E-state index >= 15 is 0 Å². The predicted molar refractivity (Wildman–Crippen MR) is 91.7 cm³/mol. The molecular formula is C17H36O2Si. The first kappa shape index (κ1) is 19.9. The van der Waals surface area contributed by atoms with Crippen LogP contribution < -0.4 is 0 Å². The van der Waals surface area contributed by atoms with E-state index in [-0.39, 0.29) is 6.10 Å². The minimum absolute atomic E-state index is 0.312. The molecule has 0 aromatic heterocycles. The van der Waals surface area contributed by atoms with E-state index < -0.39 is 8.32 Å². The molecule has 2 nitrogen and oxygen atoms in total. The Morgan fingerprint density at radius 1 is 1.05 bits per heavy atom. The van der Waals surface area contributed by atoms with E-state index in [0.717, 1.165) is 19.4 Å². The van der Waals surface area contributed by atoms with Gasteiger partial charge in [0.2, 0.25) is 0 Å². The minimum atomic E-state index is -1.54. The maximum absolute atomic E-state index is 9.34. The van der Waals surface area contributed by atoms with Crippen molar-refractivity contribution in [3.05, 3.63) is 12.7 Å². The van der Waals surface area contributed by atoms with Gasteiger partial charge in [0.1, 0.15) is 0 Å². The van der Waals surface area contributed by atoms with E-state index in [1.54, 1.807) is 6.08 Å². The van der Waals surface area contributed by atoms with Gasteiger partial charge >= 0.3 is 0 Å². The second-order valence-corrected chi connectivity index (χ2v) is 12.1. The summed E-state index contributed by atoms with van der Waals surface area (Å²) in [5.74, 6) is 0. The van der Waals surface area contributed by atoms with Gasteiger partial charge in [0.05, 0.1) is 6.10 Å². The van der Waals surface area contributed by atoms with Crippen molar-refractivity contribution in [2.24, 2.45) is 0 Å². The van der Waals surface area contributed by atoms with Crippen molar-refractivity contribution in [2.75, 3.05) is 6.61 Å². The van der Waals surface area contributed by atoms with Crippen LogP contribution in [0.5, 0.6) is 0 Å². The third-order valence-corrected chi connectivity index (χ3v) is 8.97. The van der Waals surface area contributed by atoms with Gasteiger partial charge < -0.3 is 9.53 Å². The number of unbranched alkanes of at least 4 members (excludes halogenated alkanes) is 5. The second-order valence-electron chi connectivity index (χ2n) is 7.32. The van der Waals surface area contributed by atoms with E-state index in [1.807, 2.05) is 0 Å². The molecule has 0 saturated carbocycles. The third kappa shape index (κ3) is 8.93. The van der Waals surface area contributed by atoms with Crippen molar-refractivity contribution < 1.29 is 9.53 Å². The fraction of sp³-hybridized carbons (Fsp3) is 0.882. The van der Waals surface area contributed by atoms with Gasteiger partial charge in [-0.05, 0) is 31.0 Å². The summed E-state index contributed by atoms with van der Waals surface area (Å²) >= 11 is 0. The number of rotatable bonds is 11. The smallest absolute Gasteiger partial charge is 0.191 e. The molecule has 0 saturated heterocycles. The monoisotopic (exact) mass is 300 g/mol. The van der Waals surface area contributed by atoms with Gasteiger partial charge in [0, 0.05) is 6.61 Å². The normalized spacial score (nSPS) is 14.3. The van der Waals surface area contributed by atoms with Crippen LogP contribution in [0.3, 0.4) is 0 Å². The highest BCUT2D eigenvalue weighted by Crippen LogP contribution is 2.36. The highest BCUT2D eigenvalue weighted by Gasteiger charge is 2.36. The molecule has 120 valence electrons. The van der Waals surface area contributed by atoms with Gasteiger partial charge in [-0.15, -0.1) is 6.58 Å². The molecule has 0 aliphatic carbocycles. The maximum Gasteiger partial charge on any atom is 0.191 e. The Labute approximate surface area is 127 Å². The SMILES string of the molecule is C=C[C@H](O)CCCCCCCCO[Si](C)(C)C(C)(C)C. The molecule has 1 N–H and O–H groups in total. The first-order chi connectivity index (χ1) is 9.20. The van der Waals surface area contributed by atoms with E-state index in [0.29, 0.717) is 5.04 Å². The number of aliphatic hydroxyl groups excluding tert-OH is 1. The fourth-order valence-corrected chi connectivity index (χ4v) is 2.91. The molecule has 0 aromatic carbocycles. The Hall–Kier alpha value is -0.123. The molecule has 0 radical (unpaired) electrons. The minimum Gasteiger partial charge on any atom is -0.417 e. The van der Waals surface area contributed by atoms with Crippen LogP contribution in [0, 0.1) is 0 Å². The van der Waals surface area contributed by atoms with Gasteiger partial charge in [-0.1, -0.05) is 59.0 Å². The molecule has 0 amide bonds. The molecule has 0 spiro atoms. The van der Waals surface area contributed by atoms with Crippen molar-refractivity contribution >= 4 is 8.32 Å². The first-order valence-electron chi connectivity index (χ1n) is 8.15. The number of aliphatic hydroxyl groups is 1. The van der Waals surface area contributed by atoms with Crippen LogP contribution >= 0.6 is 0 Å². The zero-order chi connectivity index (χ0) is 15.6. The van der Waals surface area contributed by atoms with Gasteiger partial charge in [-0.25, -0.2) is 0 Å². The van der Waals surface area contributed by atoms with Gasteiger partial charge in [0.15, 0.2) is 8.32 Å². The van der Waals surface area contributed by atoms with E-state index in [9.17, 15) is 5.11 Å². The zero-order valence-corrected chi connectivity index (χ0v) is 15.4. The largest absolute Gasteiger partial charge is 0.417 e. The standard InChI is InChI=1S/C17H36O2Si/c1-7-16(18)14-12-10-8-9-11-13-15-19-20(5,6)17(2,3)4/h7,16,18H,1,8-15H2,2-6H3/t16-/m0/s1. The van der Waals surface area contributed by atoms with Crippen molar-refractivity contribution in [3.8, 4) is 0 Å². The van der Waals surface area contributed by atoms with Crippen LogP contribution in [-0.2, 0) is 4.43 Å². The lowest BCUT2D eigenvalue weighted by Gasteiger charge is -2.36. The molecule has 0 aliphatic heterocycles. The molecule has 0 fully saturated rings. The molecular weight excluding hydrogens is 264 g/mol. The lowest BCUT2D eigenvalue weighted by Crippen LogP contribution is -2.40. The Balaban J connectivity index is 3.44. The highest BCUT2D eigenvalue weighted by molar-refractivity contribution is 6.74. The quantitative estimate of drug-likeness (QED) is 0.319. The first-order valence-corrected chi connectivity index (χ1v) is 11.1. The molecule has 20 heavy (non-hydrogen) atoms. The van der Waals surface area contributed by atoms with Crippen LogP contribution in [0.15, 0.2) is 12.7 Å². The molecule has 0 heterocycles. The molecule has 3 heteroatoms. The maximum atomic E-state index is 9.34. The molecule has 0 aliphatic rings. The summed E-state index contributed by atoms with van der Waals surface area (Å²) in [6.45, 7) is 16.0. The molecule has 0 bridgehead atoms.